The van der Waals surface area contributed by atoms with E-state index in [1.807, 2.05) is 13.0 Å². The molecule has 4 heteroatoms. The van der Waals surface area contributed by atoms with E-state index in [1.165, 1.54) is 18.2 Å². The number of rotatable bonds is 7. The van der Waals surface area contributed by atoms with E-state index in [1.54, 1.807) is 12.1 Å². The Bertz CT molecular complexity index is 481. The summed E-state index contributed by atoms with van der Waals surface area (Å²) in [7, 11) is 0. The summed E-state index contributed by atoms with van der Waals surface area (Å²) in [6.07, 6.45) is 6.40. The second-order valence-electron chi connectivity index (χ2n) is 4.58. The summed E-state index contributed by atoms with van der Waals surface area (Å²) < 4.78 is 13.2. The molecule has 1 aromatic carbocycles. The van der Waals surface area contributed by atoms with Gasteiger partial charge in [0.2, 0.25) is 0 Å². The highest BCUT2D eigenvalue weighted by atomic mass is 19.1. The van der Waals surface area contributed by atoms with Crippen LogP contribution in [0, 0.1) is 5.82 Å². The third-order valence-electron chi connectivity index (χ3n) is 3.02. The lowest BCUT2D eigenvalue weighted by molar-refractivity contribution is 0.211. The smallest absolute Gasteiger partial charge is 0.165 e. The SMILES string of the molecule is CC/C(=C\c1ccc(O)c(F)c1)CC[C@@H](O)/C=C\CO. The van der Waals surface area contributed by atoms with E-state index in [-0.39, 0.29) is 12.4 Å². The highest BCUT2D eigenvalue weighted by Crippen LogP contribution is 2.21. The zero-order valence-corrected chi connectivity index (χ0v) is 11.6. The van der Waals surface area contributed by atoms with Crippen molar-refractivity contribution < 1.29 is 19.7 Å². The monoisotopic (exact) mass is 280 g/mol. The number of phenolic OH excluding ortho intramolecular Hbond substituents is 1. The summed E-state index contributed by atoms with van der Waals surface area (Å²) in [4.78, 5) is 0. The molecule has 110 valence electrons. The predicted octanol–water partition coefficient (Wildman–Crippen LogP) is 3.01. The maximum atomic E-state index is 13.2. The normalized spacial score (nSPS) is 13.9. The Hall–Kier alpha value is -1.65. The number of phenols is 1. The third-order valence-corrected chi connectivity index (χ3v) is 3.02. The number of aliphatic hydroxyl groups excluding tert-OH is 2. The molecule has 0 saturated heterocycles. The molecule has 3 N–H and O–H groups in total. The molecule has 0 aliphatic carbocycles. The number of aliphatic hydroxyl groups is 2. The number of benzene rings is 1. The zero-order chi connectivity index (χ0) is 15.0. The fraction of sp³-hybridized carbons (Fsp3) is 0.375. The molecule has 0 unspecified atom stereocenters. The van der Waals surface area contributed by atoms with Crippen molar-refractivity contribution in [3.63, 3.8) is 0 Å². The number of halogens is 1. The Morgan fingerprint density at radius 3 is 2.75 bits per heavy atom. The summed E-state index contributed by atoms with van der Waals surface area (Å²) in [5, 5.41) is 27.4. The molecular formula is C16H21FO3. The molecule has 0 radical (unpaired) electrons. The van der Waals surface area contributed by atoms with Crippen LogP contribution in [0.3, 0.4) is 0 Å². The van der Waals surface area contributed by atoms with Crippen LogP contribution in [0.4, 0.5) is 4.39 Å². The van der Waals surface area contributed by atoms with E-state index in [2.05, 4.69) is 0 Å². The van der Waals surface area contributed by atoms with Crippen molar-refractivity contribution in [1.82, 2.24) is 0 Å². The molecule has 1 rings (SSSR count). The number of hydrogen-bond donors (Lipinski definition) is 3. The molecule has 0 fully saturated rings. The molecular weight excluding hydrogens is 259 g/mol. The van der Waals surface area contributed by atoms with Gasteiger partial charge in [0.1, 0.15) is 0 Å². The van der Waals surface area contributed by atoms with Crippen molar-refractivity contribution in [1.29, 1.82) is 0 Å². The number of hydrogen-bond acceptors (Lipinski definition) is 3. The minimum atomic E-state index is -0.639. The Morgan fingerprint density at radius 2 is 2.15 bits per heavy atom. The van der Waals surface area contributed by atoms with Crippen LogP contribution in [0.1, 0.15) is 31.7 Å². The van der Waals surface area contributed by atoms with Crippen molar-refractivity contribution in [3.8, 4) is 5.75 Å². The number of aromatic hydroxyl groups is 1. The van der Waals surface area contributed by atoms with Gasteiger partial charge in [0, 0.05) is 0 Å². The van der Waals surface area contributed by atoms with Crippen molar-refractivity contribution in [2.75, 3.05) is 6.61 Å². The van der Waals surface area contributed by atoms with Crippen LogP contribution in [-0.4, -0.2) is 28.0 Å². The van der Waals surface area contributed by atoms with Gasteiger partial charge in [0.15, 0.2) is 11.6 Å². The Balaban J connectivity index is 2.67. The zero-order valence-electron chi connectivity index (χ0n) is 11.6. The summed E-state index contributed by atoms with van der Waals surface area (Å²) in [6, 6.07) is 4.26. The van der Waals surface area contributed by atoms with E-state index < -0.39 is 11.9 Å². The Morgan fingerprint density at radius 1 is 1.40 bits per heavy atom. The Kier molecular flexibility index (Phi) is 6.98. The third kappa shape index (κ3) is 5.55. The van der Waals surface area contributed by atoms with Gasteiger partial charge in [-0.2, -0.15) is 0 Å². The molecule has 0 bridgehead atoms. The van der Waals surface area contributed by atoms with Crippen molar-refractivity contribution in [2.24, 2.45) is 0 Å². The van der Waals surface area contributed by atoms with Gasteiger partial charge in [-0.25, -0.2) is 4.39 Å². The van der Waals surface area contributed by atoms with Crippen LogP contribution in [-0.2, 0) is 0 Å². The highest BCUT2D eigenvalue weighted by Gasteiger charge is 2.04. The molecule has 0 spiro atoms. The van der Waals surface area contributed by atoms with E-state index >= 15 is 0 Å². The average Bonchev–Trinajstić information content (AvgIpc) is 2.44. The highest BCUT2D eigenvalue weighted by molar-refractivity contribution is 5.54. The molecule has 0 amide bonds. The van der Waals surface area contributed by atoms with Gasteiger partial charge in [0.05, 0.1) is 12.7 Å². The summed E-state index contributed by atoms with van der Waals surface area (Å²) in [6.45, 7) is 1.92. The summed E-state index contributed by atoms with van der Waals surface area (Å²) in [5.74, 6) is -0.995. The lowest BCUT2D eigenvalue weighted by atomic mass is 10.0. The van der Waals surface area contributed by atoms with Gasteiger partial charge >= 0.3 is 0 Å². The summed E-state index contributed by atoms with van der Waals surface area (Å²) >= 11 is 0. The maximum Gasteiger partial charge on any atom is 0.165 e. The predicted molar refractivity (Wildman–Crippen MR) is 77.8 cm³/mol. The Labute approximate surface area is 118 Å². The first-order chi connectivity index (χ1) is 9.56. The van der Waals surface area contributed by atoms with Crippen LogP contribution in [0.15, 0.2) is 35.9 Å². The molecule has 0 aliphatic rings. The first kappa shape index (κ1) is 16.4. The molecule has 0 heterocycles. The fourth-order valence-electron chi connectivity index (χ4n) is 1.85. The van der Waals surface area contributed by atoms with Crippen LogP contribution in [0.25, 0.3) is 6.08 Å². The summed E-state index contributed by atoms with van der Waals surface area (Å²) in [5.41, 5.74) is 1.78. The molecule has 1 aromatic rings. The van der Waals surface area contributed by atoms with Gasteiger partial charge in [0.25, 0.3) is 0 Å². The van der Waals surface area contributed by atoms with Crippen LogP contribution in [0.2, 0.25) is 0 Å². The first-order valence-corrected chi connectivity index (χ1v) is 6.70. The molecule has 0 saturated carbocycles. The minimum Gasteiger partial charge on any atom is -0.505 e. The van der Waals surface area contributed by atoms with Crippen molar-refractivity contribution in [2.45, 2.75) is 32.3 Å². The molecule has 0 aliphatic heterocycles. The largest absolute Gasteiger partial charge is 0.505 e. The van der Waals surface area contributed by atoms with E-state index in [9.17, 15) is 9.50 Å². The second-order valence-corrected chi connectivity index (χ2v) is 4.58. The van der Waals surface area contributed by atoms with Gasteiger partial charge in [-0.1, -0.05) is 36.8 Å². The number of allylic oxidation sites excluding steroid dienone is 1. The maximum absolute atomic E-state index is 13.2. The van der Waals surface area contributed by atoms with E-state index in [0.717, 1.165) is 12.0 Å². The fourth-order valence-corrected chi connectivity index (χ4v) is 1.85. The van der Waals surface area contributed by atoms with Gasteiger partial charge in [-0.3, -0.25) is 0 Å². The first-order valence-electron chi connectivity index (χ1n) is 6.70. The molecule has 1 atom stereocenters. The van der Waals surface area contributed by atoms with E-state index in [0.29, 0.717) is 18.4 Å². The molecule has 3 nitrogen and oxygen atoms in total. The van der Waals surface area contributed by atoms with Gasteiger partial charge in [-0.15, -0.1) is 0 Å². The molecule has 20 heavy (non-hydrogen) atoms. The van der Waals surface area contributed by atoms with Crippen molar-refractivity contribution in [3.05, 3.63) is 47.3 Å². The van der Waals surface area contributed by atoms with Crippen LogP contribution < -0.4 is 0 Å². The lowest BCUT2D eigenvalue weighted by Crippen LogP contribution is -2.02. The van der Waals surface area contributed by atoms with Gasteiger partial charge < -0.3 is 15.3 Å². The molecule has 0 aromatic heterocycles. The minimum absolute atomic E-state index is 0.0830. The van der Waals surface area contributed by atoms with Crippen molar-refractivity contribution >= 4 is 6.08 Å². The lowest BCUT2D eigenvalue weighted by Gasteiger charge is -2.08. The average molecular weight is 280 g/mol. The van der Waals surface area contributed by atoms with Crippen LogP contribution >= 0.6 is 0 Å². The standard InChI is InChI=1S/C16H21FO3/c1-2-12(5-7-14(19)4-3-9-18)10-13-6-8-16(20)15(17)11-13/h3-4,6,8,10-11,14,18-20H,2,5,7,9H2,1H3/b4-3-,12-10+/t14-/m0/s1. The topological polar surface area (TPSA) is 60.7 Å². The van der Waals surface area contributed by atoms with E-state index in [4.69, 9.17) is 10.2 Å². The second kappa shape index (κ2) is 8.51. The quantitative estimate of drug-likeness (QED) is 0.673. The van der Waals surface area contributed by atoms with Gasteiger partial charge in [-0.05, 0) is 37.0 Å². The van der Waals surface area contributed by atoms with Crippen LogP contribution in [0.5, 0.6) is 5.75 Å².